The van der Waals surface area contributed by atoms with Crippen LogP contribution in [0.15, 0.2) is 18.3 Å². The van der Waals surface area contributed by atoms with Crippen molar-refractivity contribution in [3.8, 4) is 6.07 Å². The molecular formula is C22H26FN7O2S. The van der Waals surface area contributed by atoms with Crippen LogP contribution in [-0.4, -0.2) is 63.9 Å². The summed E-state index contributed by atoms with van der Waals surface area (Å²) in [4.78, 5) is 4.31. The molecule has 2 aliphatic heterocycles. The van der Waals surface area contributed by atoms with Crippen molar-refractivity contribution in [3.63, 3.8) is 0 Å². The molecule has 0 saturated heterocycles. The van der Waals surface area contributed by atoms with Crippen molar-refractivity contribution >= 4 is 21.0 Å². The van der Waals surface area contributed by atoms with Gasteiger partial charge in [-0.3, -0.25) is 9.58 Å². The molecule has 0 radical (unpaired) electrons. The van der Waals surface area contributed by atoms with E-state index >= 15 is 0 Å². The van der Waals surface area contributed by atoms with Gasteiger partial charge in [0, 0.05) is 37.5 Å². The lowest BCUT2D eigenvalue weighted by atomic mass is 9.97. The van der Waals surface area contributed by atoms with E-state index in [4.69, 9.17) is 5.10 Å². The van der Waals surface area contributed by atoms with Crippen LogP contribution in [0.5, 0.6) is 0 Å². The van der Waals surface area contributed by atoms with Crippen molar-refractivity contribution in [2.75, 3.05) is 30.0 Å². The molecule has 0 aliphatic carbocycles. The molecule has 0 amide bonds. The predicted molar refractivity (Wildman–Crippen MR) is 121 cm³/mol. The van der Waals surface area contributed by atoms with Crippen molar-refractivity contribution in [2.24, 2.45) is 0 Å². The fourth-order valence-corrected chi connectivity index (χ4v) is 5.59. The summed E-state index contributed by atoms with van der Waals surface area (Å²) in [5.74, 6) is -0.318. The number of halogens is 1. The standard InChI is InChI=1S/C22H26FN7O2S/c1-14-8-17-19(12-27(14)6-7-33(3,31)32)26-29-15(2)11-28(13-21(17)29)20-5-4-16(9-24)30-22(20)18(23)10-25-30/h4-5,10,14-15H,6-8,11-13H2,1-3H3/t14-,15+/m0/s1. The largest absolute Gasteiger partial charge is 0.362 e. The van der Waals surface area contributed by atoms with Crippen LogP contribution in [0.3, 0.4) is 0 Å². The first-order valence-corrected chi connectivity index (χ1v) is 13.0. The number of nitriles is 1. The number of aromatic nitrogens is 4. The summed E-state index contributed by atoms with van der Waals surface area (Å²) in [6.45, 7) is 6.55. The SMILES string of the molecule is C[C@@H]1CN(c2ccc(C#N)n3ncc(F)c23)Cc2c3c(nn21)CN(CCS(C)(=O)=O)[C@@H](C)C3. The number of pyridine rings is 1. The molecule has 3 aromatic heterocycles. The van der Waals surface area contributed by atoms with Gasteiger partial charge in [0.2, 0.25) is 0 Å². The Kier molecular flexibility index (Phi) is 5.17. The van der Waals surface area contributed by atoms with Gasteiger partial charge < -0.3 is 4.90 Å². The zero-order chi connectivity index (χ0) is 23.5. The van der Waals surface area contributed by atoms with E-state index < -0.39 is 15.7 Å². The predicted octanol–water partition coefficient (Wildman–Crippen LogP) is 1.91. The molecule has 174 valence electrons. The summed E-state index contributed by atoms with van der Waals surface area (Å²) >= 11 is 0. The highest BCUT2D eigenvalue weighted by Crippen LogP contribution is 2.35. The second kappa shape index (κ2) is 7.81. The summed E-state index contributed by atoms with van der Waals surface area (Å²) in [6, 6.07) is 5.79. The molecular weight excluding hydrogens is 445 g/mol. The van der Waals surface area contributed by atoms with Crippen LogP contribution < -0.4 is 4.90 Å². The number of nitrogens with zero attached hydrogens (tertiary/aromatic N) is 7. The monoisotopic (exact) mass is 471 g/mol. The van der Waals surface area contributed by atoms with E-state index in [9.17, 15) is 18.1 Å². The van der Waals surface area contributed by atoms with Crippen LogP contribution in [0.2, 0.25) is 0 Å². The molecule has 5 rings (SSSR count). The third-order valence-corrected chi connectivity index (χ3v) is 7.64. The molecule has 0 aromatic carbocycles. The molecule has 0 fully saturated rings. The minimum atomic E-state index is -3.03. The minimum Gasteiger partial charge on any atom is -0.362 e. The molecule has 33 heavy (non-hydrogen) atoms. The molecule has 11 heteroatoms. The summed E-state index contributed by atoms with van der Waals surface area (Å²) in [7, 11) is -3.03. The first-order valence-electron chi connectivity index (χ1n) is 11.0. The number of rotatable bonds is 4. The Hall–Kier alpha value is -2.97. The van der Waals surface area contributed by atoms with Crippen molar-refractivity contribution in [2.45, 2.75) is 45.4 Å². The van der Waals surface area contributed by atoms with Crippen molar-refractivity contribution in [3.05, 3.63) is 46.8 Å². The summed E-state index contributed by atoms with van der Waals surface area (Å²) < 4.78 is 41.3. The van der Waals surface area contributed by atoms with Gasteiger partial charge in [0.25, 0.3) is 0 Å². The van der Waals surface area contributed by atoms with Crippen molar-refractivity contribution < 1.29 is 12.8 Å². The lowest BCUT2D eigenvalue weighted by Crippen LogP contribution is -2.41. The maximum atomic E-state index is 14.6. The van der Waals surface area contributed by atoms with Gasteiger partial charge in [-0.2, -0.15) is 15.5 Å². The average molecular weight is 472 g/mol. The Morgan fingerprint density at radius 1 is 1.24 bits per heavy atom. The van der Waals surface area contributed by atoms with E-state index in [1.54, 1.807) is 12.1 Å². The summed E-state index contributed by atoms with van der Waals surface area (Å²) in [5.41, 5.74) is 4.60. The second-order valence-corrected chi connectivity index (χ2v) is 11.4. The van der Waals surface area contributed by atoms with E-state index in [-0.39, 0.29) is 23.5 Å². The van der Waals surface area contributed by atoms with Crippen molar-refractivity contribution in [1.82, 2.24) is 24.3 Å². The number of anilines is 1. The maximum Gasteiger partial charge on any atom is 0.171 e. The first kappa shape index (κ1) is 21.9. The number of hydrogen-bond donors (Lipinski definition) is 0. The van der Waals surface area contributed by atoms with Crippen LogP contribution in [0.1, 0.15) is 42.5 Å². The molecule has 0 spiro atoms. The van der Waals surface area contributed by atoms with Crippen LogP contribution in [-0.2, 0) is 29.3 Å². The quantitative estimate of drug-likeness (QED) is 0.573. The normalized spacial score (nSPS) is 21.1. The van der Waals surface area contributed by atoms with Crippen LogP contribution >= 0.6 is 0 Å². The van der Waals surface area contributed by atoms with Gasteiger partial charge in [-0.25, -0.2) is 17.3 Å². The maximum absolute atomic E-state index is 14.6. The minimum absolute atomic E-state index is 0.0702. The lowest BCUT2D eigenvalue weighted by molar-refractivity contribution is 0.193. The van der Waals surface area contributed by atoms with Gasteiger partial charge in [-0.05, 0) is 32.4 Å². The van der Waals surface area contributed by atoms with E-state index in [1.165, 1.54) is 16.3 Å². The summed E-state index contributed by atoms with van der Waals surface area (Å²) in [5, 5.41) is 18.3. The van der Waals surface area contributed by atoms with Gasteiger partial charge in [0.15, 0.2) is 5.82 Å². The molecule has 0 saturated carbocycles. The van der Waals surface area contributed by atoms with Crippen LogP contribution in [0.25, 0.3) is 5.52 Å². The highest BCUT2D eigenvalue weighted by molar-refractivity contribution is 7.90. The Bertz CT molecular complexity index is 1390. The highest BCUT2D eigenvalue weighted by Gasteiger charge is 2.34. The van der Waals surface area contributed by atoms with Crippen LogP contribution in [0.4, 0.5) is 10.1 Å². The van der Waals surface area contributed by atoms with Gasteiger partial charge in [-0.1, -0.05) is 0 Å². The fraction of sp³-hybridized carbons (Fsp3) is 0.500. The Morgan fingerprint density at radius 3 is 2.76 bits per heavy atom. The molecule has 2 aliphatic rings. The number of sulfone groups is 1. The van der Waals surface area contributed by atoms with E-state index in [2.05, 4.69) is 39.5 Å². The van der Waals surface area contributed by atoms with E-state index in [0.29, 0.717) is 37.4 Å². The second-order valence-electron chi connectivity index (χ2n) is 9.17. The third-order valence-electron chi connectivity index (χ3n) is 6.72. The topological polar surface area (TPSA) is 99.5 Å². The molecule has 5 heterocycles. The Labute approximate surface area is 191 Å². The van der Waals surface area contributed by atoms with Gasteiger partial charge in [-0.15, -0.1) is 0 Å². The zero-order valence-corrected chi connectivity index (χ0v) is 19.7. The number of hydrogen-bond acceptors (Lipinski definition) is 7. The molecule has 0 unspecified atom stereocenters. The summed E-state index contributed by atoms with van der Waals surface area (Å²) in [6.07, 6.45) is 3.20. The zero-order valence-electron chi connectivity index (χ0n) is 18.9. The Balaban J connectivity index is 1.48. The van der Waals surface area contributed by atoms with Crippen LogP contribution in [0, 0.1) is 17.1 Å². The van der Waals surface area contributed by atoms with Gasteiger partial charge >= 0.3 is 0 Å². The first-order chi connectivity index (χ1) is 15.7. The third kappa shape index (κ3) is 3.77. The molecule has 3 aromatic rings. The molecule has 2 atom stereocenters. The van der Waals surface area contributed by atoms with Gasteiger partial charge in [0.05, 0.1) is 41.6 Å². The number of fused-ring (bicyclic) bond motifs is 4. The van der Waals surface area contributed by atoms with E-state index in [0.717, 1.165) is 24.0 Å². The molecule has 0 N–H and O–H groups in total. The highest BCUT2D eigenvalue weighted by atomic mass is 32.2. The van der Waals surface area contributed by atoms with Gasteiger partial charge in [0.1, 0.15) is 27.1 Å². The van der Waals surface area contributed by atoms with E-state index in [1.807, 2.05) is 0 Å². The van der Waals surface area contributed by atoms with Crippen molar-refractivity contribution in [1.29, 1.82) is 5.26 Å². The fourth-order valence-electron chi connectivity index (χ4n) is 5.02. The molecule has 0 bridgehead atoms. The smallest absolute Gasteiger partial charge is 0.171 e. The molecule has 9 nitrogen and oxygen atoms in total. The lowest BCUT2D eigenvalue weighted by Gasteiger charge is -2.36. The average Bonchev–Trinajstić information content (AvgIpc) is 3.32. The Morgan fingerprint density at radius 2 is 2.03 bits per heavy atom.